The summed E-state index contributed by atoms with van der Waals surface area (Å²) in [4.78, 5) is 0. The van der Waals surface area contributed by atoms with E-state index in [2.05, 4.69) is 42.8 Å². The van der Waals surface area contributed by atoms with E-state index in [1.54, 1.807) is 0 Å². The maximum Gasteiger partial charge on any atom is 0.181 e. The van der Waals surface area contributed by atoms with Crippen molar-refractivity contribution in [1.29, 1.82) is 5.26 Å². The SMILES string of the molecule is CCCCCCCCCCCC[n+]1ccccc1CC.[C-]#N. The maximum absolute atomic E-state index is 6.25. The average Bonchev–Trinajstić information content (AvgIpc) is 2.58. The Morgan fingerprint density at radius 2 is 1.36 bits per heavy atom. The zero-order chi connectivity index (χ0) is 16.5. The van der Waals surface area contributed by atoms with Crippen molar-refractivity contribution in [2.75, 3.05) is 0 Å². The van der Waals surface area contributed by atoms with Crippen LogP contribution in [0.15, 0.2) is 24.4 Å². The Labute approximate surface area is 138 Å². The van der Waals surface area contributed by atoms with Crippen molar-refractivity contribution in [2.24, 2.45) is 0 Å². The van der Waals surface area contributed by atoms with Crippen molar-refractivity contribution >= 4 is 0 Å². The molecule has 1 heterocycles. The Bertz CT molecular complexity index is 371. The molecular weight excluding hydrogens is 268 g/mol. The molecule has 0 saturated carbocycles. The van der Waals surface area contributed by atoms with Gasteiger partial charge in [-0.2, -0.15) is 0 Å². The number of pyridine rings is 1. The largest absolute Gasteiger partial charge is 0.512 e. The van der Waals surface area contributed by atoms with E-state index in [4.69, 9.17) is 11.8 Å². The zero-order valence-electron chi connectivity index (χ0n) is 14.7. The fourth-order valence-corrected chi connectivity index (χ4v) is 2.82. The lowest BCUT2D eigenvalue weighted by molar-refractivity contribution is -0.704. The highest BCUT2D eigenvalue weighted by molar-refractivity contribution is 4.96. The standard InChI is InChI=1S/C19H34N.CN/c1-3-5-6-7-8-9-10-11-12-14-17-20-18-15-13-16-19(20)4-2;1-2/h13,15-16,18H,3-12,14,17H2,1-2H3;/q+1;-1. The number of unbranched alkanes of at least 4 members (excludes halogenated alkanes) is 9. The minimum Gasteiger partial charge on any atom is -0.512 e. The Morgan fingerprint density at radius 3 is 1.91 bits per heavy atom. The number of nitrogens with zero attached hydrogens (tertiary/aromatic N) is 2. The highest BCUT2D eigenvalue weighted by Crippen LogP contribution is 2.10. The van der Waals surface area contributed by atoms with Crippen LogP contribution in [0.3, 0.4) is 0 Å². The molecule has 0 bridgehead atoms. The van der Waals surface area contributed by atoms with Crippen molar-refractivity contribution in [2.45, 2.75) is 91.0 Å². The van der Waals surface area contributed by atoms with Gasteiger partial charge in [0.1, 0.15) is 6.54 Å². The molecule has 0 radical (unpaired) electrons. The highest BCUT2D eigenvalue weighted by atomic mass is 14.9. The molecule has 2 nitrogen and oxygen atoms in total. The number of aromatic nitrogens is 1. The zero-order valence-corrected chi connectivity index (χ0v) is 14.7. The van der Waals surface area contributed by atoms with Gasteiger partial charge in [-0.05, 0) is 6.42 Å². The summed E-state index contributed by atoms with van der Waals surface area (Å²) in [6.07, 6.45) is 17.5. The van der Waals surface area contributed by atoms with Gasteiger partial charge in [0.15, 0.2) is 11.9 Å². The third kappa shape index (κ3) is 10.4. The first-order valence-corrected chi connectivity index (χ1v) is 9.08. The van der Waals surface area contributed by atoms with Crippen molar-refractivity contribution in [1.82, 2.24) is 0 Å². The summed E-state index contributed by atoms with van der Waals surface area (Å²) in [7, 11) is 0. The molecule has 0 saturated heterocycles. The maximum atomic E-state index is 6.25. The average molecular weight is 303 g/mol. The number of rotatable bonds is 12. The van der Waals surface area contributed by atoms with Gasteiger partial charge in [0, 0.05) is 25.0 Å². The summed E-state index contributed by atoms with van der Waals surface area (Å²) in [6.45, 7) is 10.5. The third-order valence-electron chi connectivity index (χ3n) is 4.15. The smallest absolute Gasteiger partial charge is 0.181 e. The number of hydrogen-bond acceptors (Lipinski definition) is 1. The normalized spacial score (nSPS) is 10.0. The Balaban J connectivity index is 0.00000211. The molecule has 0 atom stereocenters. The van der Waals surface area contributed by atoms with E-state index in [-0.39, 0.29) is 0 Å². The first-order chi connectivity index (χ1) is 10.9. The van der Waals surface area contributed by atoms with Gasteiger partial charge in [0.05, 0.1) is 0 Å². The molecule has 0 aliphatic rings. The lowest BCUT2D eigenvalue weighted by Crippen LogP contribution is -2.37. The van der Waals surface area contributed by atoms with Gasteiger partial charge in [0.2, 0.25) is 0 Å². The Morgan fingerprint density at radius 1 is 0.818 bits per heavy atom. The van der Waals surface area contributed by atoms with Crippen LogP contribution in [-0.2, 0) is 13.0 Å². The molecule has 0 amide bonds. The topological polar surface area (TPSA) is 27.7 Å². The quantitative estimate of drug-likeness (QED) is 0.282. The fourth-order valence-electron chi connectivity index (χ4n) is 2.82. The Kier molecular flexibility index (Phi) is 15.0. The van der Waals surface area contributed by atoms with Crippen LogP contribution in [0.25, 0.3) is 0 Å². The number of aryl methyl sites for hydroxylation is 2. The molecule has 0 spiro atoms. The monoisotopic (exact) mass is 302 g/mol. The van der Waals surface area contributed by atoms with Crippen molar-refractivity contribution < 1.29 is 4.57 Å². The summed E-state index contributed by atoms with van der Waals surface area (Å²) < 4.78 is 2.42. The molecule has 0 fully saturated rings. The van der Waals surface area contributed by atoms with Crippen LogP contribution in [0.1, 0.15) is 83.7 Å². The summed E-state index contributed by atoms with van der Waals surface area (Å²) in [6, 6.07) is 6.54. The summed E-state index contributed by atoms with van der Waals surface area (Å²) in [5, 5.41) is 6.25. The second-order valence-electron chi connectivity index (χ2n) is 5.92. The molecule has 124 valence electrons. The predicted molar refractivity (Wildman–Crippen MR) is 92.8 cm³/mol. The highest BCUT2D eigenvalue weighted by Gasteiger charge is 2.05. The summed E-state index contributed by atoms with van der Waals surface area (Å²) in [5.41, 5.74) is 1.46. The van der Waals surface area contributed by atoms with E-state index in [0.29, 0.717) is 0 Å². The van der Waals surface area contributed by atoms with E-state index in [1.165, 1.54) is 76.4 Å². The van der Waals surface area contributed by atoms with Crippen LogP contribution in [0, 0.1) is 11.8 Å². The van der Waals surface area contributed by atoms with Gasteiger partial charge < -0.3 is 11.8 Å². The predicted octanol–water partition coefficient (Wildman–Crippen LogP) is 5.55. The van der Waals surface area contributed by atoms with E-state index in [0.717, 1.165) is 6.42 Å². The lowest BCUT2D eigenvalue weighted by Gasteiger charge is -2.03. The molecule has 0 N–H and O–H groups in total. The van der Waals surface area contributed by atoms with Gasteiger partial charge in [-0.1, -0.05) is 71.3 Å². The minimum absolute atomic E-state index is 1.14. The van der Waals surface area contributed by atoms with Crippen LogP contribution in [0.4, 0.5) is 0 Å². The van der Waals surface area contributed by atoms with Crippen molar-refractivity contribution in [3.63, 3.8) is 0 Å². The van der Waals surface area contributed by atoms with Gasteiger partial charge >= 0.3 is 0 Å². The first kappa shape index (κ1) is 20.6. The van der Waals surface area contributed by atoms with E-state index in [1.807, 2.05) is 0 Å². The van der Waals surface area contributed by atoms with Gasteiger partial charge in [-0.3, -0.25) is 0 Å². The Hall–Kier alpha value is -1.36. The van der Waals surface area contributed by atoms with Crippen LogP contribution in [0.5, 0.6) is 0 Å². The van der Waals surface area contributed by atoms with Crippen molar-refractivity contribution in [3.05, 3.63) is 36.7 Å². The van der Waals surface area contributed by atoms with E-state index >= 15 is 0 Å². The number of hydrogen-bond donors (Lipinski definition) is 0. The minimum atomic E-state index is 1.14. The first-order valence-electron chi connectivity index (χ1n) is 9.08. The molecule has 1 aromatic rings. The van der Waals surface area contributed by atoms with Crippen LogP contribution < -0.4 is 4.57 Å². The van der Waals surface area contributed by atoms with Gasteiger partial charge in [0.25, 0.3) is 0 Å². The molecule has 0 unspecified atom stereocenters. The van der Waals surface area contributed by atoms with Crippen LogP contribution in [-0.4, -0.2) is 0 Å². The molecule has 0 aromatic carbocycles. The summed E-state index contributed by atoms with van der Waals surface area (Å²) >= 11 is 0. The van der Waals surface area contributed by atoms with Crippen LogP contribution in [0.2, 0.25) is 0 Å². The van der Waals surface area contributed by atoms with Gasteiger partial charge in [-0.15, -0.1) is 0 Å². The fraction of sp³-hybridized carbons (Fsp3) is 0.700. The summed E-state index contributed by atoms with van der Waals surface area (Å²) in [5.74, 6) is 0. The third-order valence-corrected chi connectivity index (χ3v) is 4.15. The molecule has 0 aliphatic carbocycles. The molecule has 2 heteroatoms. The molecule has 1 aromatic heterocycles. The van der Waals surface area contributed by atoms with Crippen molar-refractivity contribution in [3.8, 4) is 0 Å². The molecule has 1 rings (SSSR count). The van der Waals surface area contributed by atoms with E-state index < -0.39 is 0 Å². The lowest BCUT2D eigenvalue weighted by atomic mass is 10.1. The van der Waals surface area contributed by atoms with Gasteiger partial charge in [-0.25, -0.2) is 4.57 Å². The van der Waals surface area contributed by atoms with Crippen LogP contribution >= 0.6 is 0 Å². The molecular formula is C20H34N2. The molecule has 0 aliphatic heterocycles. The second-order valence-corrected chi connectivity index (χ2v) is 5.92. The molecule has 22 heavy (non-hydrogen) atoms. The van der Waals surface area contributed by atoms with E-state index in [9.17, 15) is 0 Å². The second kappa shape index (κ2) is 16.0.